The fraction of sp³-hybridized carbons (Fsp3) is 0.778. The molecule has 0 bridgehead atoms. The molecule has 0 radical (unpaired) electrons. The van der Waals surface area contributed by atoms with E-state index in [2.05, 4.69) is 5.32 Å². The van der Waals surface area contributed by atoms with Gasteiger partial charge in [0.1, 0.15) is 11.8 Å². The first-order valence-corrected chi connectivity index (χ1v) is 4.53. The first-order chi connectivity index (χ1) is 6.07. The average Bonchev–Trinajstić information content (AvgIpc) is 2.02. The lowest BCUT2D eigenvalue weighted by atomic mass is 10.1. The third kappa shape index (κ3) is 6.28. The van der Waals surface area contributed by atoms with Crippen LogP contribution in [-0.2, 0) is 9.59 Å². The van der Waals surface area contributed by atoms with Crippen LogP contribution < -0.4 is 5.32 Å². The second kappa shape index (κ2) is 6.60. The summed E-state index contributed by atoms with van der Waals surface area (Å²) in [5.41, 5.74) is 0. The maximum Gasteiger partial charge on any atom is 0.321 e. The molecule has 4 nitrogen and oxygen atoms in total. The zero-order valence-corrected chi connectivity index (χ0v) is 8.17. The summed E-state index contributed by atoms with van der Waals surface area (Å²) in [7, 11) is 0. The minimum atomic E-state index is -0.952. The van der Waals surface area contributed by atoms with Gasteiger partial charge in [-0.1, -0.05) is 13.3 Å². The highest BCUT2D eigenvalue weighted by Gasteiger charge is 2.17. The van der Waals surface area contributed by atoms with Gasteiger partial charge in [-0.15, -0.1) is 0 Å². The molecule has 76 valence electrons. The summed E-state index contributed by atoms with van der Waals surface area (Å²) in [6, 6.07) is -0.718. The molecule has 0 aromatic heterocycles. The van der Waals surface area contributed by atoms with Crippen LogP contribution in [0.25, 0.3) is 0 Å². The van der Waals surface area contributed by atoms with Gasteiger partial charge >= 0.3 is 5.97 Å². The number of carboxylic acids is 1. The predicted molar refractivity (Wildman–Crippen MR) is 49.6 cm³/mol. The van der Waals surface area contributed by atoms with Crippen LogP contribution in [0, 0.1) is 0 Å². The number of Topliss-reactive ketones (excluding diaryl/α,β-unsaturated/α-hetero) is 1. The van der Waals surface area contributed by atoms with E-state index >= 15 is 0 Å². The molecule has 0 saturated heterocycles. The first kappa shape index (κ1) is 12.1. The van der Waals surface area contributed by atoms with E-state index in [1.807, 2.05) is 6.92 Å². The molecule has 0 aliphatic rings. The number of carbonyl (C=O) groups excluding carboxylic acids is 1. The Morgan fingerprint density at radius 2 is 2.08 bits per heavy atom. The van der Waals surface area contributed by atoms with E-state index in [0.717, 1.165) is 12.8 Å². The van der Waals surface area contributed by atoms with Crippen LogP contribution in [-0.4, -0.2) is 29.4 Å². The first-order valence-electron chi connectivity index (χ1n) is 4.53. The van der Waals surface area contributed by atoms with E-state index in [9.17, 15) is 9.59 Å². The lowest BCUT2D eigenvalue weighted by Gasteiger charge is -2.11. The van der Waals surface area contributed by atoms with Crippen molar-refractivity contribution < 1.29 is 14.7 Å². The van der Waals surface area contributed by atoms with E-state index < -0.39 is 12.0 Å². The number of carbonyl (C=O) groups is 2. The Kier molecular flexibility index (Phi) is 6.14. The highest BCUT2D eigenvalue weighted by molar-refractivity contribution is 5.84. The highest BCUT2D eigenvalue weighted by atomic mass is 16.4. The van der Waals surface area contributed by atoms with Crippen molar-refractivity contribution in [2.75, 3.05) is 6.54 Å². The molecule has 0 amide bonds. The quantitative estimate of drug-likeness (QED) is 0.579. The average molecular weight is 187 g/mol. The van der Waals surface area contributed by atoms with Crippen molar-refractivity contribution in [2.24, 2.45) is 0 Å². The van der Waals surface area contributed by atoms with Gasteiger partial charge < -0.3 is 10.4 Å². The van der Waals surface area contributed by atoms with Crippen molar-refractivity contribution >= 4 is 11.8 Å². The van der Waals surface area contributed by atoms with Crippen LogP contribution in [0.5, 0.6) is 0 Å². The summed E-state index contributed by atoms with van der Waals surface area (Å²) in [4.78, 5) is 21.3. The predicted octanol–water partition coefficient (Wildman–Crippen LogP) is 0.808. The number of aliphatic carboxylic acids is 1. The number of unbranched alkanes of at least 4 members (excludes halogenated alkanes) is 1. The Balaban J connectivity index is 3.81. The zero-order valence-electron chi connectivity index (χ0n) is 8.17. The van der Waals surface area contributed by atoms with Crippen LogP contribution in [0.1, 0.15) is 33.1 Å². The van der Waals surface area contributed by atoms with Crippen LogP contribution in [0.15, 0.2) is 0 Å². The molecule has 0 rings (SSSR count). The minimum Gasteiger partial charge on any atom is -0.480 e. The molecule has 13 heavy (non-hydrogen) atoms. The third-order valence-corrected chi connectivity index (χ3v) is 1.71. The monoisotopic (exact) mass is 187 g/mol. The van der Waals surface area contributed by atoms with Gasteiger partial charge in [0, 0.05) is 6.42 Å². The van der Waals surface area contributed by atoms with Crippen molar-refractivity contribution in [1.82, 2.24) is 5.32 Å². The van der Waals surface area contributed by atoms with Gasteiger partial charge in [0.15, 0.2) is 0 Å². The normalized spacial score (nSPS) is 12.5. The third-order valence-electron chi connectivity index (χ3n) is 1.71. The maximum absolute atomic E-state index is 10.7. The fourth-order valence-electron chi connectivity index (χ4n) is 0.987. The Labute approximate surface area is 78.3 Å². The zero-order chi connectivity index (χ0) is 10.3. The molecule has 1 unspecified atom stereocenters. The van der Waals surface area contributed by atoms with E-state index in [1.165, 1.54) is 6.92 Å². The van der Waals surface area contributed by atoms with Gasteiger partial charge in [-0.25, -0.2) is 0 Å². The van der Waals surface area contributed by atoms with Crippen LogP contribution in [0.4, 0.5) is 0 Å². The highest BCUT2D eigenvalue weighted by Crippen LogP contribution is 1.94. The topological polar surface area (TPSA) is 66.4 Å². The van der Waals surface area contributed by atoms with Crippen LogP contribution in [0.2, 0.25) is 0 Å². The smallest absolute Gasteiger partial charge is 0.321 e. The molecule has 0 aliphatic carbocycles. The van der Waals surface area contributed by atoms with Crippen molar-refractivity contribution in [3.05, 3.63) is 0 Å². The van der Waals surface area contributed by atoms with Gasteiger partial charge in [0.05, 0.1) is 0 Å². The molecule has 1 atom stereocenters. The number of ketones is 1. The second-order valence-electron chi connectivity index (χ2n) is 3.10. The van der Waals surface area contributed by atoms with E-state index in [1.54, 1.807) is 0 Å². The number of hydrogen-bond acceptors (Lipinski definition) is 3. The number of rotatable bonds is 7. The molecule has 4 heteroatoms. The standard InChI is InChI=1S/C9H17NO3/c1-3-4-5-10-8(9(12)13)6-7(2)11/h8,10H,3-6H2,1-2H3,(H,12,13). The fourth-order valence-corrected chi connectivity index (χ4v) is 0.987. The molecule has 2 N–H and O–H groups in total. The number of carboxylic acid groups (broad SMARTS) is 1. The Morgan fingerprint density at radius 3 is 2.46 bits per heavy atom. The molecule has 0 fully saturated rings. The van der Waals surface area contributed by atoms with Crippen molar-refractivity contribution in [2.45, 2.75) is 39.2 Å². The summed E-state index contributed by atoms with van der Waals surface area (Å²) in [6.45, 7) is 4.08. The molecule has 0 saturated carbocycles. The molecule has 0 aromatic carbocycles. The molecular formula is C9H17NO3. The van der Waals surface area contributed by atoms with Crippen molar-refractivity contribution in [1.29, 1.82) is 0 Å². The Bertz CT molecular complexity index is 180. The van der Waals surface area contributed by atoms with Gasteiger partial charge in [0.2, 0.25) is 0 Å². The number of hydrogen-bond donors (Lipinski definition) is 2. The van der Waals surface area contributed by atoms with Crippen molar-refractivity contribution in [3.8, 4) is 0 Å². The van der Waals surface area contributed by atoms with E-state index in [0.29, 0.717) is 6.54 Å². The summed E-state index contributed by atoms with van der Waals surface area (Å²) >= 11 is 0. The lowest BCUT2D eigenvalue weighted by molar-refractivity contribution is -0.141. The van der Waals surface area contributed by atoms with Crippen molar-refractivity contribution in [3.63, 3.8) is 0 Å². The molecule has 0 heterocycles. The van der Waals surface area contributed by atoms with Gasteiger partial charge in [0.25, 0.3) is 0 Å². The summed E-state index contributed by atoms with van der Waals surface area (Å²) < 4.78 is 0. The van der Waals surface area contributed by atoms with E-state index in [4.69, 9.17) is 5.11 Å². The van der Waals surface area contributed by atoms with Crippen LogP contribution >= 0.6 is 0 Å². The largest absolute Gasteiger partial charge is 0.480 e. The number of nitrogens with one attached hydrogen (secondary N) is 1. The summed E-state index contributed by atoms with van der Waals surface area (Å²) in [5, 5.41) is 11.5. The Hall–Kier alpha value is -0.900. The molecular weight excluding hydrogens is 170 g/mol. The SMILES string of the molecule is CCCCNC(CC(C)=O)C(=O)O. The molecule has 0 spiro atoms. The minimum absolute atomic E-state index is 0.0685. The van der Waals surface area contributed by atoms with E-state index in [-0.39, 0.29) is 12.2 Å². The van der Waals surface area contributed by atoms with Gasteiger partial charge in [-0.05, 0) is 19.9 Å². The van der Waals surface area contributed by atoms with Gasteiger partial charge in [-0.3, -0.25) is 9.59 Å². The maximum atomic E-state index is 10.7. The second-order valence-corrected chi connectivity index (χ2v) is 3.10. The Morgan fingerprint density at radius 1 is 1.46 bits per heavy atom. The van der Waals surface area contributed by atoms with Gasteiger partial charge in [-0.2, -0.15) is 0 Å². The summed E-state index contributed by atoms with van der Waals surface area (Å²) in [5.74, 6) is -1.05. The molecule has 0 aliphatic heterocycles. The lowest BCUT2D eigenvalue weighted by Crippen LogP contribution is -2.38. The summed E-state index contributed by atoms with van der Waals surface area (Å²) in [6.07, 6.45) is 2.01. The molecule has 0 aromatic rings. The van der Waals surface area contributed by atoms with Crippen LogP contribution in [0.3, 0.4) is 0 Å².